The number of halogens is 2. The van der Waals surface area contributed by atoms with E-state index in [9.17, 15) is 8.78 Å². The summed E-state index contributed by atoms with van der Waals surface area (Å²) in [5.41, 5.74) is 5.43. The van der Waals surface area contributed by atoms with E-state index in [4.69, 9.17) is 4.74 Å². The van der Waals surface area contributed by atoms with Gasteiger partial charge in [0, 0.05) is 23.4 Å². The largest absolute Gasteiger partial charge is 0.481 e. The molecule has 0 unspecified atom stereocenters. The maximum absolute atomic E-state index is 12.8. The Hall–Kier alpha value is -3.48. The van der Waals surface area contributed by atoms with E-state index in [1.807, 2.05) is 42.7 Å². The van der Waals surface area contributed by atoms with Gasteiger partial charge in [-0.1, -0.05) is 24.3 Å². The average Bonchev–Trinajstić information content (AvgIpc) is 3.03. The molecule has 30 heavy (non-hydrogen) atoms. The van der Waals surface area contributed by atoms with Crippen LogP contribution in [0.3, 0.4) is 0 Å². The van der Waals surface area contributed by atoms with Crippen LogP contribution in [0.5, 0.6) is 11.6 Å². The molecule has 0 spiro atoms. The zero-order chi connectivity index (χ0) is 21.3. The topological polar surface area (TPSA) is 49.2 Å². The smallest absolute Gasteiger partial charge is 0.387 e. The predicted octanol–water partition coefficient (Wildman–Crippen LogP) is 5.37. The SMILES string of the molecule is COc1cc(C)c(-c2ccc3nc(C)n(Cc4ccccc4OC(F)F)c3c2)cn1. The number of alkyl halides is 2. The van der Waals surface area contributed by atoms with Crippen LogP contribution in [0.15, 0.2) is 54.7 Å². The number of aryl methyl sites for hydroxylation is 2. The minimum atomic E-state index is -2.87. The molecule has 0 N–H and O–H groups in total. The highest BCUT2D eigenvalue weighted by Gasteiger charge is 2.14. The summed E-state index contributed by atoms with van der Waals surface area (Å²) in [6.07, 6.45) is 1.79. The van der Waals surface area contributed by atoms with Gasteiger partial charge in [0.25, 0.3) is 0 Å². The molecule has 0 aliphatic carbocycles. The number of rotatable bonds is 6. The van der Waals surface area contributed by atoms with E-state index in [1.54, 1.807) is 37.6 Å². The quantitative estimate of drug-likeness (QED) is 0.429. The number of hydrogen-bond acceptors (Lipinski definition) is 4. The summed E-state index contributed by atoms with van der Waals surface area (Å²) < 4.78 is 37.5. The van der Waals surface area contributed by atoms with E-state index in [-0.39, 0.29) is 5.75 Å². The number of hydrogen-bond donors (Lipinski definition) is 0. The lowest BCUT2D eigenvalue weighted by Gasteiger charge is -2.13. The van der Waals surface area contributed by atoms with E-state index in [0.717, 1.165) is 33.5 Å². The fourth-order valence-corrected chi connectivity index (χ4v) is 3.57. The van der Waals surface area contributed by atoms with Crippen molar-refractivity contribution in [2.24, 2.45) is 0 Å². The van der Waals surface area contributed by atoms with Gasteiger partial charge >= 0.3 is 6.61 Å². The number of methoxy groups -OCH3 is 1. The molecule has 5 nitrogen and oxygen atoms in total. The first-order chi connectivity index (χ1) is 14.5. The molecule has 0 aliphatic rings. The van der Waals surface area contributed by atoms with Gasteiger partial charge in [0.2, 0.25) is 5.88 Å². The van der Waals surface area contributed by atoms with Gasteiger partial charge in [0.15, 0.2) is 0 Å². The maximum Gasteiger partial charge on any atom is 0.387 e. The number of aromatic nitrogens is 3. The molecule has 4 rings (SSSR count). The lowest BCUT2D eigenvalue weighted by molar-refractivity contribution is -0.0504. The van der Waals surface area contributed by atoms with Gasteiger partial charge in [-0.15, -0.1) is 0 Å². The Balaban J connectivity index is 1.77. The molecule has 0 aliphatic heterocycles. The normalized spacial score (nSPS) is 11.3. The van der Waals surface area contributed by atoms with Crippen molar-refractivity contribution < 1.29 is 18.3 Å². The summed E-state index contributed by atoms with van der Waals surface area (Å²) in [6.45, 7) is 1.40. The van der Waals surface area contributed by atoms with Gasteiger partial charge in [-0.3, -0.25) is 0 Å². The molecule has 0 atom stereocenters. The highest BCUT2D eigenvalue weighted by Crippen LogP contribution is 2.30. The van der Waals surface area contributed by atoms with Gasteiger partial charge in [0.1, 0.15) is 11.6 Å². The van der Waals surface area contributed by atoms with Crippen LogP contribution in [0.4, 0.5) is 8.78 Å². The van der Waals surface area contributed by atoms with Crippen LogP contribution in [-0.2, 0) is 6.54 Å². The van der Waals surface area contributed by atoms with E-state index in [0.29, 0.717) is 18.0 Å². The summed E-state index contributed by atoms with van der Waals surface area (Å²) in [4.78, 5) is 8.94. The molecule has 0 amide bonds. The van der Waals surface area contributed by atoms with E-state index in [1.165, 1.54) is 0 Å². The molecule has 0 saturated carbocycles. The summed E-state index contributed by atoms with van der Waals surface area (Å²) in [5, 5.41) is 0. The lowest BCUT2D eigenvalue weighted by atomic mass is 10.0. The third kappa shape index (κ3) is 3.83. The molecule has 0 fully saturated rings. The Morgan fingerprint density at radius 1 is 1.07 bits per heavy atom. The average molecular weight is 409 g/mol. The molecule has 7 heteroatoms. The van der Waals surface area contributed by atoms with Crippen molar-refractivity contribution in [1.82, 2.24) is 14.5 Å². The van der Waals surface area contributed by atoms with Crippen molar-refractivity contribution in [2.45, 2.75) is 27.0 Å². The molecule has 0 saturated heterocycles. The fraction of sp³-hybridized carbons (Fsp3) is 0.217. The monoisotopic (exact) mass is 409 g/mol. The molecule has 154 valence electrons. The number of para-hydroxylation sites is 1. The number of pyridine rings is 1. The Bertz CT molecular complexity index is 1200. The molecule has 0 radical (unpaired) electrons. The summed E-state index contributed by atoms with van der Waals surface area (Å²) >= 11 is 0. The minimum absolute atomic E-state index is 0.167. The Morgan fingerprint density at radius 2 is 1.87 bits per heavy atom. The first-order valence-corrected chi connectivity index (χ1v) is 9.47. The van der Waals surface area contributed by atoms with Crippen LogP contribution in [-0.4, -0.2) is 28.3 Å². The van der Waals surface area contributed by atoms with E-state index < -0.39 is 6.61 Å². The highest BCUT2D eigenvalue weighted by molar-refractivity contribution is 5.83. The van der Waals surface area contributed by atoms with Gasteiger partial charge in [0.05, 0.1) is 24.7 Å². The maximum atomic E-state index is 12.8. The standard InChI is InChI=1S/C23H21F2N3O2/c1-14-10-22(29-3)26-12-18(14)16-8-9-19-20(11-16)28(15(2)27-19)13-17-6-4-5-7-21(17)30-23(24)25/h4-12,23H,13H2,1-3H3. The van der Waals surface area contributed by atoms with Crippen molar-refractivity contribution in [3.63, 3.8) is 0 Å². The van der Waals surface area contributed by atoms with Crippen LogP contribution in [0, 0.1) is 13.8 Å². The fourth-order valence-electron chi connectivity index (χ4n) is 3.57. The Morgan fingerprint density at radius 3 is 2.60 bits per heavy atom. The number of nitrogens with zero attached hydrogens (tertiary/aromatic N) is 3. The Labute approximate surface area is 172 Å². The third-order valence-electron chi connectivity index (χ3n) is 5.06. The van der Waals surface area contributed by atoms with Crippen LogP contribution in [0.2, 0.25) is 0 Å². The lowest BCUT2D eigenvalue weighted by Crippen LogP contribution is -2.08. The second-order valence-corrected chi connectivity index (χ2v) is 6.98. The highest BCUT2D eigenvalue weighted by atomic mass is 19.3. The molecule has 2 aromatic carbocycles. The second-order valence-electron chi connectivity index (χ2n) is 6.98. The summed E-state index contributed by atoms with van der Waals surface area (Å²) in [7, 11) is 1.59. The molecular weight excluding hydrogens is 388 g/mol. The van der Waals surface area contributed by atoms with Crippen LogP contribution in [0.25, 0.3) is 22.2 Å². The van der Waals surface area contributed by atoms with Gasteiger partial charge in [-0.2, -0.15) is 8.78 Å². The van der Waals surface area contributed by atoms with Gasteiger partial charge in [-0.05, 0) is 43.2 Å². The number of benzene rings is 2. The van der Waals surface area contributed by atoms with Crippen LogP contribution in [0.1, 0.15) is 17.0 Å². The summed E-state index contributed by atoms with van der Waals surface area (Å²) in [5.74, 6) is 1.52. The molecule has 2 aromatic heterocycles. The first kappa shape index (κ1) is 19.8. The van der Waals surface area contributed by atoms with Crippen molar-refractivity contribution >= 4 is 11.0 Å². The zero-order valence-electron chi connectivity index (χ0n) is 16.9. The van der Waals surface area contributed by atoms with Crippen LogP contribution >= 0.6 is 0 Å². The first-order valence-electron chi connectivity index (χ1n) is 9.47. The minimum Gasteiger partial charge on any atom is -0.481 e. The van der Waals surface area contributed by atoms with Crippen molar-refractivity contribution in [3.05, 3.63) is 71.7 Å². The van der Waals surface area contributed by atoms with E-state index in [2.05, 4.69) is 14.7 Å². The van der Waals surface area contributed by atoms with E-state index >= 15 is 0 Å². The number of fused-ring (bicyclic) bond motifs is 1. The second kappa shape index (κ2) is 8.10. The van der Waals surface area contributed by atoms with Crippen molar-refractivity contribution in [1.29, 1.82) is 0 Å². The van der Waals surface area contributed by atoms with Crippen molar-refractivity contribution in [3.8, 4) is 22.8 Å². The van der Waals surface area contributed by atoms with Gasteiger partial charge in [-0.25, -0.2) is 9.97 Å². The molecular formula is C23H21F2N3O2. The summed E-state index contributed by atoms with van der Waals surface area (Å²) in [6, 6.07) is 14.7. The molecule has 4 aromatic rings. The van der Waals surface area contributed by atoms with Gasteiger partial charge < -0.3 is 14.0 Å². The number of ether oxygens (including phenoxy) is 2. The van der Waals surface area contributed by atoms with Crippen LogP contribution < -0.4 is 9.47 Å². The van der Waals surface area contributed by atoms with Crippen molar-refractivity contribution in [2.75, 3.05) is 7.11 Å². The Kier molecular flexibility index (Phi) is 5.35. The zero-order valence-corrected chi connectivity index (χ0v) is 16.9. The molecule has 2 heterocycles. The number of imidazole rings is 1. The predicted molar refractivity (Wildman–Crippen MR) is 111 cm³/mol. The third-order valence-corrected chi connectivity index (χ3v) is 5.06. The molecule has 0 bridgehead atoms.